The van der Waals surface area contributed by atoms with Gasteiger partial charge in [0.1, 0.15) is 11.5 Å². The van der Waals surface area contributed by atoms with E-state index in [1.165, 1.54) is 28.6 Å². The molecule has 0 aromatic heterocycles. The van der Waals surface area contributed by atoms with Crippen molar-refractivity contribution in [2.45, 2.75) is 11.3 Å². The number of urea groups is 1. The van der Waals surface area contributed by atoms with E-state index in [1.54, 1.807) is 25.2 Å². The molecule has 0 atom stereocenters. The summed E-state index contributed by atoms with van der Waals surface area (Å²) in [6.07, 6.45) is 0.589. The molecule has 0 aliphatic carbocycles. The molecule has 1 saturated heterocycles. The number of carbonyl (C=O) groups is 1. The van der Waals surface area contributed by atoms with Crippen LogP contribution in [0.25, 0.3) is 0 Å². The lowest BCUT2D eigenvalue weighted by Crippen LogP contribution is -2.53. The Morgan fingerprint density at radius 2 is 1.75 bits per heavy atom. The van der Waals surface area contributed by atoms with Crippen LogP contribution in [0.15, 0.2) is 47.4 Å². The zero-order valence-electron chi connectivity index (χ0n) is 18.1. The molecule has 9 nitrogen and oxygen atoms in total. The number of piperazine rings is 1. The number of amides is 2. The molecule has 0 unspecified atom stereocenters. The third-order valence-corrected chi connectivity index (χ3v) is 7.22. The Balaban J connectivity index is 1.50. The molecule has 10 heteroatoms. The standard InChI is InChI=1S/C22H26N4O5S/c1-30-19-6-5-18(21(15-19)31-2)9-10-24-22(27)25-11-13-26(14-12-25)32(28,29)20-7-3-17(16-23)4-8-20/h3-8,15H,9-14H2,1-2H3,(H,24,27). The summed E-state index contributed by atoms with van der Waals surface area (Å²) < 4.78 is 37.5. The highest BCUT2D eigenvalue weighted by atomic mass is 32.2. The number of nitriles is 1. The van der Waals surface area contributed by atoms with Gasteiger partial charge in [0, 0.05) is 38.8 Å². The third kappa shape index (κ3) is 5.30. The van der Waals surface area contributed by atoms with Gasteiger partial charge < -0.3 is 19.7 Å². The maximum absolute atomic E-state index is 12.8. The van der Waals surface area contributed by atoms with Crippen LogP contribution in [0, 0.1) is 11.3 Å². The Bertz CT molecular complexity index is 1090. The SMILES string of the molecule is COc1ccc(CCNC(=O)N2CCN(S(=O)(=O)c3ccc(C#N)cc3)CC2)c(OC)c1. The summed E-state index contributed by atoms with van der Waals surface area (Å²) in [6.45, 7) is 1.44. The van der Waals surface area contributed by atoms with Gasteiger partial charge in [0.15, 0.2) is 0 Å². The number of benzene rings is 2. The van der Waals surface area contributed by atoms with Crippen molar-refractivity contribution in [3.05, 3.63) is 53.6 Å². The molecule has 1 aliphatic rings. The summed E-state index contributed by atoms with van der Waals surface area (Å²) in [5.74, 6) is 1.39. The number of ether oxygens (including phenoxy) is 2. The van der Waals surface area contributed by atoms with Crippen LogP contribution < -0.4 is 14.8 Å². The van der Waals surface area contributed by atoms with E-state index < -0.39 is 10.0 Å². The molecule has 3 rings (SSSR count). The Morgan fingerprint density at radius 1 is 1.06 bits per heavy atom. The predicted molar refractivity (Wildman–Crippen MR) is 118 cm³/mol. The van der Waals surface area contributed by atoms with Crippen LogP contribution in [0.4, 0.5) is 4.79 Å². The van der Waals surface area contributed by atoms with Crippen molar-refractivity contribution >= 4 is 16.1 Å². The normalized spacial score (nSPS) is 14.5. The second-order valence-electron chi connectivity index (χ2n) is 7.19. The van der Waals surface area contributed by atoms with Gasteiger partial charge in [-0.15, -0.1) is 0 Å². The van der Waals surface area contributed by atoms with Crippen LogP contribution >= 0.6 is 0 Å². The van der Waals surface area contributed by atoms with Gasteiger partial charge in [-0.1, -0.05) is 6.07 Å². The summed E-state index contributed by atoms with van der Waals surface area (Å²) in [6, 6.07) is 13.1. The van der Waals surface area contributed by atoms with Gasteiger partial charge in [-0.25, -0.2) is 13.2 Å². The topological polar surface area (TPSA) is 112 Å². The summed E-state index contributed by atoms with van der Waals surface area (Å²) in [7, 11) is -0.488. The van der Waals surface area contributed by atoms with E-state index in [9.17, 15) is 13.2 Å². The van der Waals surface area contributed by atoms with E-state index in [-0.39, 0.29) is 24.0 Å². The molecule has 1 heterocycles. The monoisotopic (exact) mass is 458 g/mol. The zero-order valence-corrected chi connectivity index (χ0v) is 18.9. The Kier molecular flexibility index (Phi) is 7.56. The first kappa shape index (κ1) is 23.4. The summed E-state index contributed by atoms with van der Waals surface area (Å²) >= 11 is 0. The highest BCUT2D eigenvalue weighted by molar-refractivity contribution is 7.89. The minimum Gasteiger partial charge on any atom is -0.497 e. The molecule has 1 aliphatic heterocycles. The third-order valence-electron chi connectivity index (χ3n) is 5.31. The lowest BCUT2D eigenvalue weighted by Gasteiger charge is -2.34. The van der Waals surface area contributed by atoms with E-state index in [4.69, 9.17) is 14.7 Å². The second-order valence-corrected chi connectivity index (χ2v) is 9.12. The van der Waals surface area contributed by atoms with Crippen molar-refractivity contribution in [3.63, 3.8) is 0 Å². The highest BCUT2D eigenvalue weighted by Crippen LogP contribution is 2.24. The fraction of sp³-hybridized carbons (Fsp3) is 0.364. The van der Waals surface area contributed by atoms with Crippen LogP contribution in [-0.4, -0.2) is 70.6 Å². The molecule has 0 bridgehead atoms. The van der Waals surface area contributed by atoms with Crippen LogP contribution in [0.3, 0.4) is 0 Å². The number of sulfonamides is 1. The first-order valence-corrected chi connectivity index (χ1v) is 11.6. The molecule has 0 spiro atoms. The van der Waals surface area contributed by atoms with Crippen LogP contribution in [0.1, 0.15) is 11.1 Å². The average Bonchev–Trinajstić information content (AvgIpc) is 2.84. The van der Waals surface area contributed by atoms with Gasteiger partial charge in [-0.2, -0.15) is 9.57 Å². The predicted octanol–water partition coefficient (Wildman–Crippen LogP) is 1.83. The summed E-state index contributed by atoms with van der Waals surface area (Å²) in [5, 5.41) is 11.8. The number of hydrogen-bond donors (Lipinski definition) is 1. The number of hydrogen-bond acceptors (Lipinski definition) is 6. The smallest absolute Gasteiger partial charge is 0.317 e. The van der Waals surface area contributed by atoms with Crippen LogP contribution in [0.5, 0.6) is 11.5 Å². The minimum atomic E-state index is -3.66. The van der Waals surface area contributed by atoms with E-state index >= 15 is 0 Å². The van der Waals surface area contributed by atoms with Crippen molar-refractivity contribution in [1.82, 2.24) is 14.5 Å². The molecule has 1 N–H and O–H groups in total. The summed E-state index contributed by atoms with van der Waals surface area (Å²) in [4.78, 5) is 14.3. The van der Waals surface area contributed by atoms with Crippen LogP contribution in [0.2, 0.25) is 0 Å². The van der Waals surface area contributed by atoms with Crippen molar-refractivity contribution in [3.8, 4) is 17.6 Å². The fourth-order valence-electron chi connectivity index (χ4n) is 3.46. The molecular formula is C22H26N4O5S. The van der Waals surface area contributed by atoms with Crippen LogP contribution in [-0.2, 0) is 16.4 Å². The summed E-state index contributed by atoms with van der Waals surface area (Å²) in [5.41, 5.74) is 1.35. The number of nitrogens with one attached hydrogen (secondary N) is 1. The van der Waals surface area contributed by atoms with E-state index in [2.05, 4.69) is 5.32 Å². The Labute approximate surface area is 188 Å². The van der Waals surface area contributed by atoms with E-state index in [0.29, 0.717) is 43.1 Å². The van der Waals surface area contributed by atoms with Gasteiger partial charge in [0.2, 0.25) is 10.0 Å². The molecule has 0 saturated carbocycles. The van der Waals surface area contributed by atoms with Gasteiger partial charge in [0.25, 0.3) is 0 Å². The number of carbonyl (C=O) groups excluding carboxylic acids is 1. The fourth-order valence-corrected chi connectivity index (χ4v) is 4.88. The average molecular weight is 459 g/mol. The molecule has 2 aromatic carbocycles. The van der Waals surface area contributed by atoms with E-state index in [0.717, 1.165) is 5.56 Å². The van der Waals surface area contributed by atoms with Crippen molar-refractivity contribution in [2.24, 2.45) is 0 Å². The van der Waals surface area contributed by atoms with Gasteiger partial charge in [-0.05, 0) is 42.3 Å². The molecule has 32 heavy (non-hydrogen) atoms. The molecule has 1 fully saturated rings. The van der Waals surface area contributed by atoms with Gasteiger partial charge in [-0.3, -0.25) is 0 Å². The highest BCUT2D eigenvalue weighted by Gasteiger charge is 2.30. The lowest BCUT2D eigenvalue weighted by atomic mass is 10.1. The first-order chi connectivity index (χ1) is 15.4. The molecule has 170 valence electrons. The van der Waals surface area contributed by atoms with Gasteiger partial charge in [0.05, 0.1) is 30.7 Å². The van der Waals surface area contributed by atoms with Crippen molar-refractivity contribution in [2.75, 3.05) is 46.9 Å². The van der Waals surface area contributed by atoms with E-state index in [1.807, 2.05) is 18.2 Å². The number of nitrogens with zero attached hydrogens (tertiary/aromatic N) is 3. The largest absolute Gasteiger partial charge is 0.497 e. The Morgan fingerprint density at radius 3 is 2.34 bits per heavy atom. The minimum absolute atomic E-state index is 0.142. The lowest BCUT2D eigenvalue weighted by molar-refractivity contribution is 0.172. The molecular weight excluding hydrogens is 432 g/mol. The maximum atomic E-state index is 12.8. The molecule has 0 radical (unpaired) electrons. The Hall–Kier alpha value is -3.29. The zero-order chi connectivity index (χ0) is 23.1. The molecule has 2 amide bonds. The quantitative estimate of drug-likeness (QED) is 0.678. The number of methoxy groups -OCH3 is 2. The molecule has 2 aromatic rings. The first-order valence-electron chi connectivity index (χ1n) is 10.1. The van der Waals surface area contributed by atoms with Crippen molar-refractivity contribution < 1.29 is 22.7 Å². The van der Waals surface area contributed by atoms with Gasteiger partial charge >= 0.3 is 6.03 Å². The maximum Gasteiger partial charge on any atom is 0.317 e. The number of rotatable bonds is 7. The van der Waals surface area contributed by atoms with Crippen molar-refractivity contribution in [1.29, 1.82) is 5.26 Å². The second kappa shape index (κ2) is 10.3.